The fraction of sp³-hybridized carbons (Fsp3) is 0.640. The van der Waals surface area contributed by atoms with E-state index in [9.17, 15) is 5.11 Å². The molecule has 2 N–H and O–H groups in total. The Balaban J connectivity index is 1.27. The number of aryl methyl sites for hydroxylation is 1. The quantitative estimate of drug-likeness (QED) is 0.581. The van der Waals surface area contributed by atoms with Gasteiger partial charge in [0.15, 0.2) is 0 Å². The topological polar surface area (TPSA) is 52.1 Å². The molecule has 4 nitrogen and oxygen atoms in total. The number of fused-ring (bicyclic) bond motifs is 3. The number of H-pyrrole nitrogens is 1. The molecule has 0 radical (unpaired) electrons. The zero-order valence-corrected chi connectivity index (χ0v) is 18.4. The highest BCUT2D eigenvalue weighted by Gasteiger charge is 2.48. The first kappa shape index (κ1) is 20.6. The van der Waals surface area contributed by atoms with Gasteiger partial charge in [0.05, 0.1) is 16.6 Å². The van der Waals surface area contributed by atoms with Gasteiger partial charge in [-0.05, 0) is 77.1 Å². The summed E-state index contributed by atoms with van der Waals surface area (Å²) in [5, 5.41) is 11.5. The number of benzene rings is 1. The van der Waals surface area contributed by atoms with Gasteiger partial charge in [0.25, 0.3) is 0 Å². The first-order valence-corrected chi connectivity index (χ1v) is 11.5. The summed E-state index contributed by atoms with van der Waals surface area (Å²) in [6, 6.07) is 8.22. The minimum Gasteiger partial charge on any atom is -0.389 e. The molecule has 1 heterocycles. The number of hydrogen-bond donors (Lipinski definition) is 2. The molecule has 4 heteroatoms. The number of rotatable bonds is 9. The van der Waals surface area contributed by atoms with Crippen molar-refractivity contribution in [1.82, 2.24) is 14.9 Å². The molecular formula is C25H37N3O. The van der Waals surface area contributed by atoms with Gasteiger partial charge in [-0.25, -0.2) is 4.98 Å². The number of aromatic amines is 1. The number of allylic oxidation sites excluding steroid dienone is 1. The second-order valence-electron chi connectivity index (χ2n) is 9.45. The predicted octanol–water partition coefficient (Wildman–Crippen LogP) is 5.10. The van der Waals surface area contributed by atoms with E-state index in [0.717, 1.165) is 55.6 Å². The minimum absolute atomic E-state index is 0.387. The lowest BCUT2D eigenvalue weighted by atomic mass is 9.58. The van der Waals surface area contributed by atoms with Crippen molar-refractivity contribution in [3.63, 3.8) is 0 Å². The summed E-state index contributed by atoms with van der Waals surface area (Å²) < 4.78 is 0. The van der Waals surface area contributed by atoms with Crippen LogP contribution in [-0.2, 0) is 6.42 Å². The second-order valence-corrected chi connectivity index (χ2v) is 9.45. The number of hydrogen-bond acceptors (Lipinski definition) is 3. The van der Waals surface area contributed by atoms with Crippen LogP contribution in [0.2, 0.25) is 0 Å². The molecule has 0 saturated heterocycles. The molecule has 5 rings (SSSR count). The van der Waals surface area contributed by atoms with Gasteiger partial charge in [-0.2, -0.15) is 0 Å². The predicted molar refractivity (Wildman–Crippen MR) is 120 cm³/mol. The Kier molecular flexibility index (Phi) is 6.12. The number of para-hydroxylation sites is 2. The largest absolute Gasteiger partial charge is 0.389 e. The Morgan fingerprint density at radius 2 is 2.03 bits per heavy atom. The zero-order chi connectivity index (χ0) is 20.4. The molecule has 2 aromatic rings. The van der Waals surface area contributed by atoms with E-state index in [4.69, 9.17) is 0 Å². The fourth-order valence-electron chi connectivity index (χ4n) is 5.85. The number of aromatic nitrogens is 2. The summed E-state index contributed by atoms with van der Waals surface area (Å²) >= 11 is 0. The van der Waals surface area contributed by atoms with Gasteiger partial charge in [-0.3, -0.25) is 0 Å². The van der Waals surface area contributed by atoms with Crippen molar-refractivity contribution >= 4 is 11.0 Å². The van der Waals surface area contributed by atoms with Crippen molar-refractivity contribution in [3.8, 4) is 0 Å². The van der Waals surface area contributed by atoms with Crippen molar-refractivity contribution < 1.29 is 5.11 Å². The molecule has 1 unspecified atom stereocenters. The maximum Gasteiger partial charge on any atom is 0.107 e. The van der Waals surface area contributed by atoms with Crippen LogP contribution >= 0.6 is 0 Å². The van der Waals surface area contributed by atoms with E-state index >= 15 is 0 Å². The first-order valence-electron chi connectivity index (χ1n) is 11.5. The summed E-state index contributed by atoms with van der Waals surface area (Å²) in [6.45, 7) is 6.57. The third-order valence-corrected chi connectivity index (χ3v) is 7.41. The van der Waals surface area contributed by atoms with Crippen LogP contribution in [0.1, 0.15) is 64.6 Å². The lowest BCUT2D eigenvalue weighted by molar-refractivity contribution is -0.0685. The van der Waals surface area contributed by atoms with Gasteiger partial charge in [-0.1, -0.05) is 36.6 Å². The molecule has 3 aliphatic rings. The molecule has 1 saturated carbocycles. The Hall–Kier alpha value is -1.65. The van der Waals surface area contributed by atoms with E-state index in [1.165, 1.54) is 31.3 Å². The van der Waals surface area contributed by atoms with Gasteiger partial charge >= 0.3 is 0 Å². The van der Waals surface area contributed by atoms with Gasteiger partial charge in [0, 0.05) is 18.9 Å². The smallest absolute Gasteiger partial charge is 0.107 e. The Morgan fingerprint density at radius 1 is 1.21 bits per heavy atom. The van der Waals surface area contributed by atoms with Gasteiger partial charge in [-0.15, -0.1) is 0 Å². The molecule has 1 aromatic heterocycles. The molecule has 3 aliphatic carbocycles. The van der Waals surface area contributed by atoms with Crippen LogP contribution < -0.4 is 0 Å². The average molecular weight is 396 g/mol. The van der Waals surface area contributed by atoms with E-state index < -0.39 is 5.60 Å². The molecule has 0 amide bonds. The maximum absolute atomic E-state index is 11.5. The van der Waals surface area contributed by atoms with Crippen LogP contribution in [-0.4, -0.2) is 45.7 Å². The molecule has 1 fully saturated rings. The molecule has 0 spiro atoms. The molecule has 3 atom stereocenters. The molecule has 158 valence electrons. The van der Waals surface area contributed by atoms with E-state index in [-0.39, 0.29) is 0 Å². The van der Waals surface area contributed by atoms with Gasteiger partial charge in [0.2, 0.25) is 0 Å². The highest BCUT2D eigenvalue weighted by molar-refractivity contribution is 5.74. The summed E-state index contributed by atoms with van der Waals surface area (Å²) in [5.41, 5.74) is 4.88. The van der Waals surface area contributed by atoms with Crippen LogP contribution in [0.15, 0.2) is 35.4 Å². The van der Waals surface area contributed by atoms with E-state index in [1.54, 1.807) is 5.57 Å². The van der Waals surface area contributed by atoms with Crippen molar-refractivity contribution in [2.75, 3.05) is 20.1 Å². The summed E-state index contributed by atoms with van der Waals surface area (Å²) in [5.74, 6) is 2.09. The van der Waals surface area contributed by atoms with Gasteiger partial charge in [0.1, 0.15) is 5.82 Å². The van der Waals surface area contributed by atoms with Crippen molar-refractivity contribution in [2.24, 2.45) is 11.8 Å². The second kappa shape index (κ2) is 8.61. The highest BCUT2D eigenvalue weighted by Crippen LogP contribution is 2.52. The number of aliphatic hydroxyl groups is 1. The third-order valence-electron chi connectivity index (χ3n) is 7.41. The summed E-state index contributed by atoms with van der Waals surface area (Å²) in [4.78, 5) is 10.5. The van der Waals surface area contributed by atoms with Crippen LogP contribution in [0, 0.1) is 11.8 Å². The Bertz CT molecular complexity index is 837. The zero-order valence-electron chi connectivity index (χ0n) is 18.4. The summed E-state index contributed by atoms with van der Waals surface area (Å²) in [6.07, 6.45) is 8.84. The maximum atomic E-state index is 11.5. The SMILES string of the molecule is CCCC1=C(C)C2CC[C@@H]1C[C@@]2(O)CCN(C)CCCc1nc2ccccc2[nH]1. The van der Waals surface area contributed by atoms with Crippen molar-refractivity contribution in [2.45, 2.75) is 70.8 Å². The van der Waals surface area contributed by atoms with Crippen LogP contribution in [0.25, 0.3) is 11.0 Å². The van der Waals surface area contributed by atoms with Crippen molar-refractivity contribution in [3.05, 3.63) is 41.2 Å². The van der Waals surface area contributed by atoms with E-state index in [0.29, 0.717) is 11.8 Å². The minimum atomic E-state index is -0.489. The number of nitrogens with zero attached hydrogens (tertiary/aromatic N) is 2. The van der Waals surface area contributed by atoms with E-state index in [1.807, 2.05) is 12.1 Å². The third kappa shape index (κ3) is 4.29. The average Bonchev–Trinajstić information content (AvgIpc) is 3.12. The number of nitrogens with one attached hydrogen (secondary N) is 1. The Labute approximate surface area is 175 Å². The first-order chi connectivity index (χ1) is 14.0. The molecule has 1 aromatic carbocycles. The lowest BCUT2D eigenvalue weighted by Gasteiger charge is -2.51. The monoisotopic (exact) mass is 395 g/mol. The van der Waals surface area contributed by atoms with E-state index in [2.05, 4.69) is 47.9 Å². The molecule has 29 heavy (non-hydrogen) atoms. The van der Waals surface area contributed by atoms with Crippen LogP contribution in [0.3, 0.4) is 0 Å². The van der Waals surface area contributed by atoms with Crippen LogP contribution in [0.4, 0.5) is 0 Å². The standard InChI is InChI=1S/C25H37N3O/c1-4-8-20-18(2)21-13-12-19(20)17-25(21,29)14-16-28(3)15-7-11-24-26-22-9-5-6-10-23(22)27-24/h5-6,9-10,19,21,29H,4,7-8,11-17H2,1-3H3,(H,26,27)/t19-,21?,25+/m1/s1. The molecule has 0 aliphatic heterocycles. The highest BCUT2D eigenvalue weighted by atomic mass is 16.3. The Morgan fingerprint density at radius 3 is 2.79 bits per heavy atom. The normalized spacial score (nSPS) is 26.8. The molecule has 2 bridgehead atoms. The van der Waals surface area contributed by atoms with Gasteiger partial charge < -0.3 is 15.0 Å². The summed E-state index contributed by atoms with van der Waals surface area (Å²) in [7, 11) is 2.19. The van der Waals surface area contributed by atoms with Crippen molar-refractivity contribution in [1.29, 1.82) is 0 Å². The number of imidazole rings is 1. The lowest BCUT2D eigenvalue weighted by Crippen LogP contribution is -2.50. The van der Waals surface area contributed by atoms with Crippen LogP contribution in [0.5, 0.6) is 0 Å². The fourth-order valence-corrected chi connectivity index (χ4v) is 5.85. The molecular weight excluding hydrogens is 358 g/mol.